The van der Waals surface area contributed by atoms with Crippen molar-refractivity contribution in [3.8, 4) is 11.4 Å². The molecule has 3 aliphatic rings. The average Bonchev–Trinajstić information content (AvgIpc) is 3.21. The van der Waals surface area contributed by atoms with Crippen molar-refractivity contribution in [2.24, 2.45) is 0 Å². The first-order chi connectivity index (χ1) is 12.1. The lowest BCUT2D eigenvalue weighted by Gasteiger charge is -2.31. The maximum Gasteiger partial charge on any atom is 0.273 e. The van der Waals surface area contributed by atoms with Gasteiger partial charge in [-0.15, -0.1) is 0 Å². The van der Waals surface area contributed by atoms with Crippen LogP contribution in [-0.4, -0.2) is 26.5 Å². The number of aromatic nitrogens is 3. The molecule has 4 rings (SSSR count). The van der Waals surface area contributed by atoms with E-state index in [2.05, 4.69) is 38.2 Å². The fraction of sp³-hybridized carbons (Fsp3) is 0.421. The summed E-state index contributed by atoms with van der Waals surface area (Å²) in [6.45, 7) is 3.53. The van der Waals surface area contributed by atoms with Crippen LogP contribution in [0.25, 0.3) is 11.4 Å². The molecule has 6 nitrogen and oxygen atoms in total. The number of carbonyl (C=O) groups is 1. The molecule has 1 N–H and O–H groups in total. The van der Waals surface area contributed by atoms with Gasteiger partial charge in [-0.1, -0.05) is 0 Å². The molecule has 1 aromatic rings. The van der Waals surface area contributed by atoms with Crippen molar-refractivity contribution in [2.75, 3.05) is 0 Å². The summed E-state index contributed by atoms with van der Waals surface area (Å²) >= 11 is 0. The zero-order valence-corrected chi connectivity index (χ0v) is 14.5. The minimum atomic E-state index is -0.134. The lowest BCUT2D eigenvalue weighted by Crippen LogP contribution is -2.38. The summed E-state index contributed by atoms with van der Waals surface area (Å²) in [7, 11) is 0. The summed E-state index contributed by atoms with van der Waals surface area (Å²) in [6, 6.07) is 6.83. The summed E-state index contributed by atoms with van der Waals surface area (Å²) in [5, 5.41) is 3.11. The van der Waals surface area contributed by atoms with Crippen LogP contribution >= 0.6 is 0 Å². The van der Waals surface area contributed by atoms with E-state index in [-0.39, 0.29) is 11.9 Å². The standard InChI is InChI=1S/C19H22N4O2/c1-12-17(21-13(2)25-12)19(24)22-15-5-7-16(8-6-15)23-11-3-4-14-9-10-20-18(14)23/h3-4,9-11,15-16H,5-8H2,1-2H3,(H,22,24). The molecular weight excluding hydrogens is 316 g/mol. The van der Waals surface area contributed by atoms with Gasteiger partial charge in [-0.3, -0.25) is 4.79 Å². The monoisotopic (exact) mass is 338 g/mol. The molecule has 130 valence electrons. The van der Waals surface area contributed by atoms with E-state index < -0.39 is 0 Å². The van der Waals surface area contributed by atoms with Crippen molar-refractivity contribution in [1.29, 1.82) is 0 Å². The van der Waals surface area contributed by atoms with E-state index in [1.165, 1.54) is 5.56 Å². The van der Waals surface area contributed by atoms with Crippen LogP contribution in [0.4, 0.5) is 0 Å². The van der Waals surface area contributed by atoms with E-state index in [0.29, 0.717) is 23.4 Å². The highest BCUT2D eigenvalue weighted by Gasteiger charge is 2.26. The lowest BCUT2D eigenvalue weighted by molar-refractivity contribution is 0.0916. The second kappa shape index (κ2) is 6.35. The highest BCUT2D eigenvalue weighted by molar-refractivity contribution is 5.93. The second-order valence-corrected chi connectivity index (χ2v) is 6.76. The van der Waals surface area contributed by atoms with Gasteiger partial charge in [0.05, 0.1) is 0 Å². The number of nitrogens with one attached hydrogen (secondary N) is 1. The number of nitrogens with zero attached hydrogens (tertiary/aromatic N) is 3. The zero-order chi connectivity index (χ0) is 17.4. The number of hydrogen-bond donors (Lipinski definition) is 1. The smallest absolute Gasteiger partial charge is 0.273 e. The van der Waals surface area contributed by atoms with E-state index in [0.717, 1.165) is 31.5 Å². The number of rotatable bonds is 3. The van der Waals surface area contributed by atoms with Crippen LogP contribution in [0.15, 0.2) is 35.0 Å². The van der Waals surface area contributed by atoms with Crippen LogP contribution < -0.4 is 5.32 Å². The molecule has 1 amide bonds. The van der Waals surface area contributed by atoms with Gasteiger partial charge in [-0.05, 0) is 50.8 Å². The third-order valence-electron chi connectivity index (χ3n) is 5.02. The van der Waals surface area contributed by atoms with Crippen LogP contribution in [0.5, 0.6) is 0 Å². The molecule has 1 saturated carbocycles. The third-order valence-corrected chi connectivity index (χ3v) is 5.02. The fourth-order valence-corrected chi connectivity index (χ4v) is 3.78. The van der Waals surface area contributed by atoms with Gasteiger partial charge in [0.2, 0.25) is 0 Å². The molecule has 1 aromatic heterocycles. The minimum Gasteiger partial charge on any atom is -0.445 e. The predicted molar refractivity (Wildman–Crippen MR) is 93.6 cm³/mol. The molecular formula is C19H22N4O2. The Bertz CT molecular complexity index is 858. The normalized spacial score (nSPS) is 20.7. The van der Waals surface area contributed by atoms with Crippen molar-refractivity contribution >= 4 is 5.91 Å². The fourth-order valence-electron chi connectivity index (χ4n) is 3.78. The average molecular weight is 338 g/mol. The van der Waals surface area contributed by atoms with Crippen molar-refractivity contribution in [3.63, 3.8) is 0 Å². The molecule has 0 aromatic carbocycles. The Balaban J connectivity index is 1.39. The largest absolute Gasteiger partial charge is 0.445 e. The molecule has 1 aliphatic carbocycles. The zero-order valence-electron chi connectivity index (χ0n) is 14.5. The summed E-state index contributed by atoms with van der Waals surface area (Å²) in [4.78, 5) is 21.1. The van der Waals surface area contributed by atoms with Gasteiger partial charge in [0.25, 0.3) is 5.91 Å². The van der Waals surface area contributed by atoms with Crippen molar-refractivity contribution in [2.45, 2.75) is 51.6 Å². The highest BCUT2D eigenvalue weighted by Crippen LogP contribution is 2.32. The predicted octanol–water partition coefficient (Wildman–Crippen LogP) is 3.51. The Morgan fingerprint density at radius 2 is 2.04 bits per heavy atom. The molecule has 0 radical (unpaired) electrons. The number of oxazole rings is 1. The van der Waals surface area contributed by atoms with Gasteiger partial charge in [-0.2, -0.15) is 0 Å². The Hall–Kier alpha value is -2.63. The topological polar surface area (TPSA) is 73.0 Å². The van der Waals surface area contributed by atoms with Crippen molar-refractivity contribution in [1.82, 2.24) is 19.9 Å². The van der Waals surface area contributed by atoms with E-state index in [4.69, 9.17) is 4.42 Å². The van der Waals surface area contributed by atoms with Gasteiger partial charge in [0, 0.05) is 37.0 Å². The molecule has 0 atom stereocenters. The Morgan fingerprint density at radius 3 is 2.76 bits per heavy atom. The number of aryl methyl sites for hydroxylation is 2. The molecule has 0 spiro atoms. The third kappa shape index (κ3) is 3.04. The minimum absolute atomic E-state index is 0.134. The molecule has 0 unspecified atom stereocenters. The first kappa shape index (κ1) is 15.9. The Labute approximate surface area is 146 Å². The molecule has 3 heterocycles. The van der Waals surface area contributed by atoms with Gasteiger partial charge in [0.1, 0.15) is 11.6 Å². The van der Waals surface area contributed by atoms with Gasteiger partial charge in [-0.25, -0.2) is 9.97 Å². The van der Waals surface area contributed by atoms with Crippen LogP contribution in [0, 0.1) is 13.8 Å². The van der Waals surface area contributed by atoms with E-state index in [9.17, 15) is 4.79 Å². The van der Waals surface area contributed by atoms with Crippen molar-refractivity contribution < 1.29 is 9.21 Å². The maximum atomic E-state index is 12.4. The van der Waals surface area contributed by atoms with E-state index in [1.807, 2.05) is 12.3 Å². The van der Waals surface area contributed by atoms with Crippen LogP contribution in [0.3, 0.4) is 0 Å². The first-order valence-electron chi connectivity index (χ1n) is 8.78. The van der Waals surface area contributed by atoms with Crippen LogP contribution in [0.2, 0.25) is 0 Å². The summed E-state index contributed by atoms with van der Waals surface area (Å²) in [5.41, 5.74) is 1.58. The SMILES string of the molecule is Cc1nc(C(=O)NC2CCC(n3cccc4ccnc3-4)CC2)c(C)o1. The molecule has 0 saturated heterocycles. The molecule has 25 heavy (non-hydrogen) atoms. The van der Waals surface area contributed by atoms with Crippen molar-refractivity contribution in [3.05, 3.63) is 47.9 Å². The maximum absolute atomic E-state index is 12.4. The van der Waals surface area contributed by atoms with E-state index >= 15 is 0 Å². The summed E-state index contributed by atoms with van der Waals surface area (Å²) < 4.78 is 7.63. The van der Waals surface area contributed by atoms with Gasteiger partial charge in [0.15, 0.2) is 11.6 Å². The molecule has 6 heteroatoms. The lowest BCUT2D eigenvalue weighted by atomic mass is 9.90. The Morgan fingerprint density at radius 1 is 1.24 bits per heavy atom. The first-order valence-corrected chi connectivity index (χ1v) is 8.78. The van der Waals surface area contributed by atoms with Gasteiger partial charge >= 0.3 is 0 Å². The second-order valence-electron chi connectivity index (χ2n) is 6.76. The molecule has 2 aliphatic heterocycles. The van der Waals surface area contributed by atoms with Gasteiger partial charge < -0.3 is 14.3 Å². The van der Waals surface area contributed by atoms with Crippen LogP contribution in [-0.2, 0) is 0 Å². The number of pyridine rings is 1. The molecule has 1 fully saturated rings. The summed E-state index contributed by atoms with van der Waals surface area (Å²) in [5.74, 6) is 2.01. The van der Waals surface area contributed by atoms with Crippen LogP contribution in [0.1, 0.15) is 53.9 Å². The molecule has 0 bridgehead atoms. The number of carbonyl (C=O) groups excluding carboxylic acids is 1. The van der Waals surface area contributed by atoms with E-state index in [1.54, 1.807) is 13.8 Å². The highest BCUT2D eigenvalue weighted by atomic mass is 16.4. The number of fused-ring (bicyclic) bond motifs is 1. The number of hydrogen-bond acceptors (Lipinski definition) is 4. The summed E-state index contributed by atoms with van der Waals surface area (Å²) in [6.07, 6.45) is 7.93. The number of amides is 1. The quantitative estimate of drug-likeness (QED) is 0.793. The Kier molecular flexibility index (Phi) is 4.03.